The van der Waals surface area contributed by atoms with Crippen molar-refractivity contribution < 1.29 is 4.90 Å². The van der Waals surface area contributed by atoms with Gasteiger partial charge in [0.15, 0.2) is 0 Å². The minimum Gasteiger partial charge on any atom is -0.328 e. The molecule has 2 heterocycles. The van der Waals surface area contributed by atoms with Crippen LogP contribution in [0, 0.1) is 5.92 Å². The Morgan fingerprint density at radius 1 is 1.41 bits per heavy atom. The number of hydrogen-bond acceptors (Lipinski definition) is 3. The maximum Gasteiger partial charge on any atom is 0.206 e. The monoisotopic (exact) mass is 238 g/mol. The van der Waals surface area contributed by atoms with Crippen molar-refractivity contribution >= 4 is 0 Å². The fourth-order valence-electron chi connectivity index (χ4n) is 2.62. The number of piperidine rings is 1. The fourth-order valence-corrected chi connectivity index (χ4v) is 2.62. The molecule has 1 fully saturated rings. The number of nitrogens with one attached hydrogen (secondary N) is 1. The standard InChI is InChI=1S/C12H23N5/c1-10-6-5-7-16(8-10)9-11-13-14-15-17(11)12(2,3)4/h10H,5-9H2,1-4H3/p+1/t10-/m1/s1. The van der Waals surface area contributed by atoms with Gasteiger partial charge >= 0.3 is 0 Å². The number of rotatable bonds is 2. The SMILES string of the molecule is C[C@@H]1CCC[NH+](Cc2nnnn2C(C)(C)C)C1. The lowest BCUT2D eigenvalue weighted by atomic mass is 10.0. The molecule has 0 amide bonds. The van der Waals surface area contributed by atoms with Gasteiger partial charge in [-0.3, -0.25) is 0 Å². The van der Waals surface area contributed by atoms with Crippen molar-refractivity contribution in [3.05, 3.63) is 5.82 Å². The third-order valence-corrected chi connectivity index (χ3v) is 3.44. The number of hydrogen-bond donors (Lipinski definition) is 1. The lowest BCUT2D eigenvalue weighted by Crippen LogP contribution is -3.12. The maximum absolute atomic E-state index is 4.18. The van der Waals surface area contributed by atoms with Crippen LogP contribution in [0.3, 0.4) is 0 Å². The van der Waals surface area contributed by atoms with E-state index in [4.69, 9.17) is 0 Å². The maximum atomic E-state index is 4.18. The number of likely N-dealkylation sites (tertiary alicyclic amines) is 1. The Morgan fingerprint density at radius 3 is 2.82 bits per heavy atom. The van der Waals surface area contributed by atoms with E-state index in [2.05, 4.69) is 43.2 Å². The normalized spacial score (nSPS) is 26.1. The van der Waals surface area contributed by atoms with E-state index in [1.807, 2.05) is 4.68 Å². The summed E-state index contributed by atoms with van der Waals surface area (Å²) in [4.78, 5) is 1.61. The van der Waals surface area contributed by atoms with Crippen LogP contribution in [-0.2, 0) is 12.1 Å². The first-order chi connectivity index (χ1) is 7.97. The summed E-state index contributed by atoms with van der Waals surface area (Å²) in [5, 5.41) is 12.1. The molecule has 17 heavy (non-hydrogen) atoms. The van der Waals surface area contributed by atoms with Crippen molar-refractivity contribution in [3.8, 4) is 0 Å². The molecule has 2 atom stereocenters. The highest BCUT2D eigenvalue weighted by Crippen LogP contribution is 2.13. The zero-order valence-electron chi connectivity index (χ0n) is 11.4. The van der Waals surface area contributed by atoms with Crippen LogP contribution in [0.2, 0.25) is 0 Å². The fraction of sp³-hybridized carbons (Fsp3) is 0.917. The molecule has 0 spiro atoms. The van der Waals surface area contributed by atoms with Crippen LogP contribution in [0.15, 0.2) is 0 Å². The molecule has 0 aliphatic carbocycles. The zero-order chi connectivity index (χ0) is 12.5. The molecule has 5 heteroatoms. The van der Waals surface area contributed by atoms with Gasteiger partial charge in [-0.25, -0.2) is 4.68 Å². The van der Waals surface area contributed by atoms with Crippen molar-refractivity contribution in [2.45, 2.75) is 52.6 Å². The van der Waals surface area contributed by atoms with E-state index < -0.39 is 0 Å². The Morgan fingerprint density at radius 2 is 2.18 bits per heavy atom. The first kappa shape index (κ1) is 12.5. The van der Waals surface area contributed by atoms with E-state index in [1.165, 1.54) is 25.9 Å². The van der Waals surface area contributed by atoms with Gasteiger partial charge in [-0.1, -0.05) is 6.92 Å². The second kappa shape index (κ2) is 4.72. The van der Waals surface area contributed by atoms with Gasteiger partial charge in [-0.15, -0.1) is 5.10 Å². The second-order valence-corrected chi connectivity index (χ2v) is 6.31. The molecular weight excluding hydrogens is 214 g/mol. The molecular formula is C12H24N5+. The summed E-state index contributed by atoms with van der Waals surface area (Å²) in [6, 6.07) is 0. The molecule has 1 aliphatic rings. The van der Waals surface area contributed by atoms with Crippen LogP contribution in [-0.4, -0.2) is 33.3 Å². The van der Waals surface area contributed by atoms with Crippen LogP contribution in [0.1, 0.15) is 46.4 Å². The van der Waals surface area contributed by atoms with Crippen LogP contribution in [0.5, 0.6) is 0 Å². The van der Waals surface area contributed by atoms with Crippen molar-refractivity contribution in [1.29, 1.82) is 0 Å². The first-order valence-electron chi connectivity index (χ1n) is 6.58. The number of quaternary nitrogens is 1. The highest BCUT2D eigenvalue weighted by Gasteiger charge is 2.25. The van der Waals surface area contributed by atoms with E-state index in [1.54, 1.807) is 4.90 Å². The molecule has 1 aromatic heterocycles. The van der Waals surface area contributed by atoms with Crippen molar-refractivity contribution in [3.63, 3.8) is 0 Å². The molecule has 0 bridgehead atoms. The molecule has 96 valence electrons. The Kier molecular flexibility index (Phi) is 3.47. The van der Waals surface area contributed by atoms with Gasteiger partial charge in [0.25, 0.3) is 0 Å². The minimum absolute atomic E-state index is 0.0281. The predicted octanol–water partition coefficient (Wildman–Crippen LogP) is 0.243. The molecule has 1 saturated heterocycles. The van der Waals surface area contributed by atoms with Gasteiger partial charge in [-0.2, -0.15) is 0 Å². The van der Waals surface area contributed by atoms with E-state index in [9.17, 15) is 0 Å². The number of aromatic nitrogens is 4. The number of tetrazole rings is 1. The van der Waals surface area contributed by atoms with E-state index >= 15 is 0 Å². The van der Waals surface area contributed by atoms with Crippen molar-refractivity contribution in [2.75, 3.05) is 13.1 Å². The summed E-state index contributed by atoms with van der Waals surface area (Å²) in [5.41, 5.74) is -0.0281. The number of nitrogens with zero attached hydrogens (tertiary/aromatic N) is 4. The van der Waals surface area contributed by atoms with Gasteiger partial charge in [0.1, 0.15) is 6.54 Å². The predicted molar refractivity (Wildman–Crippen MR) is 65.6 cm³/mol. The largest absolute Gasteiger partial charge is 0.328 e. The average molecular weight is 238 g/mol. The summed E-state index contributed by atoms with van der Waals surface area (Å²) in [6.45, 7) is 12.2. The summed E-state index contributed by atoms with van der Waals surface area (Å²) < 4.78 is 1.96. The lowest BCUT2D eigenvalue weighted by molar-refractivity contribution is -0.922. The summed E-state index contributed by atoms with van der Waals surface area (Å²) in [7, 11) is 0. The lowest BCUT2D eigenvalue weighted by Gasteiger charge is -2.28. The average Bonchev–Trinajstić information content (AvgIpc) is 2.65. The second-order valence-electron chi connectivity index (χ2n) is 6.31. The van der Waals surface area contributed by atoms with Crippen molar-refractivity contribution in [1.82, 2.24) is 20.2 Å². The highest BCUT2D eigenvalue weighted by atomic mass is 15.6. The summed E-state index contributed by atoms with van der Waals surface area (Å²) >= 11 is 0. The van der Waals surface area contributed by atoms with Crippen molar-refractivity contribution in [2.24, 2.45) is 5.92 Å². The third kappa shape index (κ3) is 3.03. The molecule has 1 aliphatic heterocycles. The summed E-state index contributed by atoms with van der Waals surface area (Å²) in [6.07, 6.45) is 2.70. The zero-order valence-corrected chi connectivity index (χ0v) is 11.4. The van der Waals surface area contributed by atoms with Gasteiger partial charge < -0.3 is 4.90 Å². The van der Waals surface area contributed by atoms with Crippen LogP contribution >= 0.6 is 0 Å². The molecule has 5 nitrogen and oxygen atoms in total. The molecule has 0 radical (unpaired) electrons. The van der Waals surface area contributed by atoms with Crippen LogP contribution in [0.4, 0.5) is 0 Å². The van der Waals surface area contributed by atoms with E-state index in [-0.39, 0.29) is 5.54 Å². The topological polar surface area (TPSA) is 48.0 Å². The van der Waals surface area contributed by atoms with Gasteiger partial charge in [0.2, 0.25) is 5.82 Å². The Labute approximate surface area is 103 Å². The van der Waals surface area contributed by atoms with Gasteiger partial charge in [-0.05, 0) is 44.0 Å². The summed E-state index contributed by atoms with van der Waals surface area (Å²) in [5.74, 6) is 1.85. The van der Waals surface area contributed by atoms with Crippen LogP contribution < -0.4 is 4.90 Å². The molecule has 1 N–H and O–H groups in total. The molecule has 1 unspecified atom stereocenters. The quantitative estimate of drug-likeness (QED) is 0.803. The van der Waals surface area contributed by atoms with Gasteiger partial charge in [0, 0.05) is 5.92 Å². The highest BCUT2D eigenvalue weighted by molar-refractivity contribution is 4.84. The molecule has 2 rings (SSSR count). The van der Waals surface area contributed by atoms with Gasteiger partial charge in [0.05, 0.1) is 18.6 Å². The first-order valence-corrected chi connectivity index (χ1v) is 6.58. The van der Waals surface area contributed by atoms with Crippen LogP contribution in [0.25, 0.3) is 0 Å². The van der Waals surface area contributed by atoms with E-state index in [0.717, 1.165) is 18.3 Å². The Bertz CT molecular complexity index is 365. The van der Waals surface area contributed by atoms with E-state index in [0.29, 0.717) is 0 Å². The third-order valence-electron chi connectivity index (χ3n) is 3.44. The Balaban J connectivity index is 2.06. The minimum atomic E-state index is -0.0281. The molecule has 1 aromatic rings. The Hall–Kier alpha value is -0.970. The molecule has 0 saturated carbocycles. The smallest absolute Gasteiger partial charge is 0.206 e. The molecule has 0 aromatic carbocycles.